The zero-order valence-electron chi connectivity index (χ0n) is 13.8. The van der Waals surface area contributed by atoms with Gasteiger partial charge in [0.05, 0.1) is 19.7 Å². The quantitative estimate of drug-likeness (QED) is 0.738. The van der Waals surface area contributed by atoms with E-state index in [1.807, 2.05) is 25.1 Å². The van der Waals surface area contributed by atoms with E-state index in [1.165, 1.54) is 0 Å². The van der Waals surface area contributed by atoms with Crippen LogP contribution in [0.5, 0.6) is 0 Å². The molecule has 0 atom stereocenters. The Labute approximate surface area is 146 Å². The summed E-state index contributed by atoms with van der Waals surface area (Å²) < 4.78 is 4.63. The predicted octanol–water partition coefficient (Wildman–Crippen LogP) is 1.55. The topological polar surface area (TPSA) is 87.7 Å². The standard InChI is InChI=1S/C16H22ClN3O4/c1-3-20(11-15(22)19-16(23)24-4-2)10-14(21)18-9-12-7-5-6-8-13(12)17/h5-8H,3-4,9-11H2,1-2H3,(H,18,21)(H,19,22,23). The molecule has 1 aromatic rings. The van der Waals surface area contributed by atoms with Crippen LogP contribution in [0.4, 0.5) is 4.79 Å². The molecule has 0 radical (unpaired) electrons. The van der Waals surface area contributed by atoms with E-state index >= 15 is 0 Å². The van der Waals surface area contributed by atoms with Crippen molar-refractivity contribution in [1.82, 2.24) is 15.5 Å². The van der Waals surface area contributed by atoms with Crippen LogP contribution < -0.4 is 10.6 Å². The van der Waals surface area contributed by atoms with E-state index in [9.17, 15) is 14.4 Å². The van der Waals surface area contributed by atoms with Crippen molar-refractivity contribution in [3.05, 3.63) is 34.9 Å². The van der Waals surface area contributed by atoms with E-state index < -0.39 is 12.0 Å². The van der Waals surface area contributed by atoms with Crippen molar-refractivity contribution in [2.75, 3.05) is 26.2 Å². The van der Waals surface area contributed by atoms with Gasteiger partial charge in [0.2, 0.25) is 11.8 Å². The largest absolute Gasteiger partial charge is 0.450 e. The van der Waals surface area contributed by atoms with Gasteiger partial charge in [0.25, 0.3) is 0 Å². The summed E-state index contributed by atoms with van der Waals surface area (Å²) in [6.07, 6.45) is -0.790. The first-order chi connectivity index (χ1) is 11.5. The highest BCUT2D eigenvalue weighted by atomic mass is 35.5. The summed E-state index contributed by atoms with van der Waals surface area (Å²) in [6, 6.07) is 7.23. The van der Waals surface area contributed by atoms with Crippen LogP contribution in [0.15, 0.2) is 24.3 Å². The molecule has 7 nitrogen and oxygen atoms in total. The summed E-state index contributed by atoms with van der Waals surface area (Å²) in [4.78, 5) is 36.5. The Morgan fingerprint density at radius 1 is 1.12 bits per heavy atom. The predicted molar refractivity (Wildman–Crippen MR) is 90.6 cm³/mol. The van der Waals surface area contributed by atoms with Gasteiger partial charge in [-0.15, -0.1) is 0 Å². The normalized spacial score (nSPS) is 10.3. The molecule has 0 saturated heterocycles. The fraction of sp³-hybridized carbons (Fsp3) is 0.438. The monoisotopic (exact) mass is 355 g/mol. The van der Waals surface area contributed by atoms with Gasteiger partial charge in [-0.25, -0.2) is 4.79 Å². The number of carbonyl (C=O) groups is 3. The maximum Gasteiger partial charge on any atom is 0.413 e. The number of carbonyl (C=O) groups excluding carboxylic acids is 3. The molecule has 24 heavy (non-hydrogen) atoms. The molecule has 1 aromatic carbocycles. The number of hydrogen-bond donors (Lipinski definition) is 2. The van der Waals surface area contributed by atoms with Gasteiger partial charge in [-0.2, -0.15) is 0 Å². The molecule has 0 heterocycles. The van der Waals surface area contributed by atoms with Gasteiger partial charge in [0.1, 0.15) is 0 Å². The van der Waals surface area contributed by atoms with Gasteiger partial charge in [0, 0.05) is 11.6 Å². The van der Waals surface area contributed by atoms with Crippen LogP contribution in [0.3, 0.4) is 0 Å². The number of ether oxygens (including phenoxy) is 1. The van der Waals surface area contributed by atoms with E-state index in [1.54, 1.807) is 17.9 Å². The van der Waals surface area contributed by atoms with E-state index in [0.717, 1.165) is 5.56 Å². The van der Waals surface area contributed by atoms with Gasteiger partial charge in [-0.1, -0.05) is 36.7 Å². The van der Waals surface area contributed by atoms with Crippen molar-refractivity contribution >= 4 is 29.5 Å². The molecule has 3 amide bonds. The first-order valence-corrected chi connectivity index (χ1v) is 8.03. The lowest BCUT2D eigenvalue weighted by Gasteiger charge is -2.19. The number of alkyl carbamates (subject to hydrolysis) is 1. The van der Waals surface area contributed by atoms with Gasteiger partial charge < -0.3 is 10.1 Å². The lowest BCUT2D eigenvalue weighted by Crippen LogP contribution is -2.44. The molecule has 0 aliphatic heterocycles. The Kier molecular flexibility index (Phi) is 8.81. The molecule has 0 aromatic heterocycles. The number of imide groups is 1. The van der Waals surface area contributed by atoms with Crippen LogP contribution >= 0.6 is 11.6 Å². The number of amides is 3. The number of halogens is 1. The summed E-state index contributed by atoms with van der Waals surface area (Å²) in [5, 5.41) is 5.43. The zero-order chi connectivity index (χ0) is 17.9. The summed E-state index contributed by atoms with van der Waals surface area (Å²) in [5.74, 6) is -0.755. The van der Waals surface area contributed by atoms with Crippen molar-refractivity contribution < 1.29 is 19.1 Å². The number of hydrogen-bond acceptors (Lipinski definition) is 5. The van der Waals surface area contributed by atoms with Crippen LogP contribution in [0, 0.1) is 0 Å². The van der Waals surface area contributed by atoms with Gasteiger partial charge >= 0.3 is 6.09 Å². The van der Waals surface area contributed by atoms with Crippen LogP contribution in [0.2, 0.25) is 5.02 Å². The van der Waals surface area contributed by atoms with Gasteiger partial charge in [-0.05, 0) is 25.1 Å². The Bertz CT molecular complexity index is 580. The molecule has 0 bridgehead atoms. The SMILES string of the molecule is CCOC(=O)NC(=O)CN(CC)CC(=O)NCc1ccccc1Cl. The molecule has 0 saturated carbocycles. The van der Waals surface area contributed by atoms with Crippen LogP contribution in [-0.2, 0) is 20.9 Å². The molecule has 0 aliphatic rings. The Hall–Kier alpha value is -2.12. The van der Waals surface area contributed by atoms with E-state index in [-0.39, 0.29) is 25.6 Å². The van der Waals surface area contributed by atoms with Crippen LogP contribution in [-0.4, -0.2) is 49.0 Å². The summed E-state index contributed by atoms with van der Waals surface area (Å²) in [5.41, 5.74) is 0.815. The Balaban J connectivity index is 2.41. The molecule has 0 fully saturated rings. The second-order valence-electron chi connectivity index (χ2n) is 4.94. The second kappa shape index (κ2) is 10.6. The highest BCUT2D eigenvalue weighted by Crippen LogP contribution is 2.14. The molecule has 8 heteroatoms. The maximum absolute atomic E-state index is 12.0. The third-order valence-corrected chi connectivity index (χ3v) is 3.50. The fourth-order valence-corrected chi connectivity index (χ4v) is 2.10. The summed E-state index contributed by atoms with van der Waals surface area (Å²) in [7, 11) is 0. The van der Waals surface area contributed by atoms with Crippen molar-refractivity contribution in [3.63, 3.8) is 0 Å². The molecule has 2 N–H and O–H groups in total. The minimum absolute atomic E-state index is 0.0389. The Morgan fingerprint density at radius 3 is 2.42 bits per heavy atom. The fourth-order valence-electron chi connectivity index (χ4n) is 1.90. The molecule has 132 valence electrons. The lowest BCUT2D eigenvalue weighted by molar-refractivity contribution is -0.124. The number of rotatable bonds is 8. The van der Waals surface area contributed by atoms with E-state index in [4.69, 9.17) is 11.6 Å². The van der Waals surface area contributed by atoms with Crippen LogP contribution in [0.1, 0.15) is 19.4 Å². The maximum atomic E-state index is 12.0. The van der Waals surface area contributed by atoms with Crippen molar-refractivity contribution in [3.8, 4) is 0 Å². The molecular formula is C16H22ClN3O4. The lowest BCUT2D eigenvalue weighted by atomic mass is 10.2. The molecule has 0 aliphatic carbocycles. The third kappa shape index (κ3) is 7.43. The smallest absolute Gasteiger partial charge is 0.413 e. The number of nitrogens with zero attached hydrogens (tertiary/aromatic N) is 1. The van der Waals surface area contributed by atoms with E-state index in [0.29, 0.717) is 18.1 Å². The minimum Gasteiger partial charge on any atom is -0.450 e. The first-order valence-electron chi connectivity index (χ1n) is 7.65. The highest BCUT2D eigenvalue weighted by molar-refractivity contribution is 6.31. The van der Waals surface area contributed by atoms with Crippen molar-refractivity contribution in [2.24, 2.45) is 0 Å². The minimum atomic E-state index is -0.790. The molecule has 0 unspecified atom stereocenters. The first kappa shape index (κ1) is 19.9. The second-order valence-corrected chi connectivity index (χ2v) is 5.35. The summed E-state index contributed by atoms with van der Waals surface area (Å²) in [6.45, 7) is 4.40. The number of benzene rings is 1. The van der Waals surface area contributed by atoms with Gasteiger partial charge in [-0.3, -0.25) is 19.8 Å². The molecule has 0 spiro atoms. The third-order valence-electron chi connectivity index (χ3n) is 3.13. The molecule has 1 rings (SSSR count). The van der Waals surface area contributed by atoms with Gasteiger partial charge in [0.15, 0.2) is 0 Å². The Morgan fingerprint density at radius 2 is 1.79 bits per heavy atom. The van der Waals surface area contributed by atoms with E-state index in [2.05, 4.69) is 15.4 Å². The number of nitrogens with one attached hydrogen (secondary N) is 2. The zero-order valence-corrected chi connectivity index (χ0v) is 14.6. The van der Waals surface area contributed by atoms with Crippen molar-refractivity contribution in [1.29, 1.82) is 0 Å². The average Bonchev–Trinajstić information content (AvgIpc) is 2.53. The van der Waals surface area contributed by atoms with Crippen LogP contribution in [0.25, 0.3) is 0 Å². The summed E-state index contributed by atoms with van der Waals surface area (Å²) >= 11 is 6.03. The molecular weight excluding hydrogens is 334 g/mol. The van der Waals surface area contributed by atoms with Crippen molar-refractivity contribution in [2.45, 2.75) is 20.4 Å². The number of likely N-dealkylation sites (N-methyl/N-ethyl adjacent to an activating group) is 1. The highest BCUT2D eigenvalue weighted by Gasteiger charge is 2.15. The average molecular weight is 356 g/mol.